The predicted molar refractivity (Wildman–Crippen MR) is 123 cm³/mol. The number of aromatic amines is 1. The van der Waals surface area contributed by atoms with Crippen LogP contribution in [0.1, 0.15) is 15.9 Å². The average molecular weight is 459 g/mol. The number of aromatic nitrogens is 3. The van der Waals surface area contributed by atoms with Gasteiger partial charge in [-0.25, -0.2) is 23.9 Å². The van der Waals surface area contributed by atoms with Crippen molar-refractivity contribution >= 4 is 23.4 Å². The first-order valence-corrected chi connectivity index (χ1v) is 10.2. The van der Waals surface area contributed by atoms with Gasteiger partial charge in [-0.1, -0.05) is 42.5 Å². The Morgan fingerprint density at radius 3 is 2.50 bits per heavy atom. The topological polar surface area (TPSA) is 103 Å². The van der Waals surface area contributed by atoms with Crippen LogP contribution in [-0.2, 0) is 11.3 Å². The lowest BCUT2D eigenvalue weighted by atomic mass is 10.2. The lowest BCUT2D eigenvalue weighted by molar-refractivity contribution is 0.0604. The summed E-state index contributed by atoms with van der Waals surface area (Å²) in [5.41, 5.74) is 1.32. The molecule has 0 unspecified atom stereocenters. The summed E-state index contributed by atoms with van der Waals surface area (Å²) in [4.78, 5) is 34.7. The minimum Gasteiger partial charge on any atom is -0.496 e. The summed E-state index contributed by atoms with van der Waals surface area (Å²) in [5, 5.41) is 3.00. The van der Waals surface area contributed by atoms with Gasteiger partial charge in [-0.2, -0.15) is 0 Å². The largest absolute Gasteiger partial charge is 0.496 e. The molecule has 2 aromatic heterocycles. The molecule has 0 fully saturated rings. The second-order valence-corrected chi connectivity index (χ2v) is 7.27. The Bertz CT molecular complexity index is 1400. The number of amides is 1. The van der Waals surface area contributed by atoms with Crippen molar-refractivity contribution in [3.63, 3.8) is 0 Å². The zero-order chi connectivity index (χ0) is 24.2. The van der Waals surface area contributed by atoms with Gasteiger partial charge in [0.1, 0.15) is 11.3 Å². The molecule has 0 aliphatic rings. The highest BCUT2D eigenvalue weighted by Gasteiger charge is 2.31. The molecule has 172 valence electrons. The molecule has 0 saturated carbocycles. The van der Waals surface area contributed by atoms with E-state index in [2.05, 4.69) is 14.9 Å². The Morgan fingerprint density at radius 1 is 1.12 bits per heavy atom. The highest BCUT2D eigenvalue weighted by atomic mass is 16.6. The van der Waals surface area contributed by atoms with Gasteiger partial charge in [0, 0.05) is 13.6 Å². The quantitative estimate of drug-likeness (QED) is 0.341. The molecule has 4 rings (SSSR count). The third kappa shape index (κ3) is 4.02. The molecular formula is C24H21N5O5. The van der Waals surface area contributed by atoms with Crippen molar-refractivity contribution in [3.8, 4) is 23.0 Å². The average Bonchev–Trinajstić information content (AvgIpc) is 3.41. The number of fused-ring (bicyclic) bond motifs is 1. The number of carbonyl (C=O) groups excluding carboxylic acids is 2. The molecular weight excluding hydrogens is 438 g/mol. The van der Waals surface area contributed by atoms with Gasteiger partial charge in [0.2, 0.25) is 5.88 Å². The summed E-state index contributed by atoms with van der Waals surface area (Å²) in [7, 11) is 4.31. The minimum absolute atomic E-state index is 0.0901. The maximum absolute atomic E-state index is 12.9. The molecule has 0 saturated heterocycles. The van der Waals surface area contributed by atoms with Gasteiger partial charge in [-0.05, 0) is 17.7 Å². The summed E-state index contributed by atoms with van der Waals surface area (Å²) >= 11 is 0. The number of para-hydroxylation sites is 1. The molecule has 0 aliphatic heterocycles. The SMILES string of the molecule is [C-]#[N+]c1c(C(=O)OC)c2nc(-c3ccccc3OC)[nH]n2c1OC(=O)N(C)Cc1ccccc1. The van der Waals surface area contributed by atoms with E-state index in [0.717, 1.165) is 5.56 Å². The molecule has 34 heavy (non-hydrogen) atoms. The number of ether oxygens (including phenoxy) is 3. The molecule has 10 heteroatoms. The van der Waals surface area contributed by atoms with E-state index < -0.39 is 12.1 Å². The Labute approximate surface area is 195 Å². The number of carbonyl (C=O) groups is 2. The Balaban J connectivity index is 1.78. The molecule has 4 aromatic rings. The number of hydrogen-bond donors (Lipinski definition) is 1. The molecule has 2 aromatic carbocycles. The van der Waals surface area contributed by atoms with Gasteiger partial charge >= 0.3 is 12.1 Å². The molecule has 0 bridgehead atoms. The molecule has 0 spiro atoms. The van der Waals surface area contributed by atoms with E-state index in [4.69, 9.17) is 20.8 Å². The third-order valence-corrected chi connectivity index (χ3v) is 5.13. The zero-order valence-corrected chi connectivity index (χ0v) is 18.7. The first-order valence-electron chi connectivity index (χ1n) is 10.2. The summed E-state index contributed by atoms with van der Waals surface area (Å²) < 4.78 is 17.1. The third-order valence-electron chi connectivity index (χ3n) is 5.13. The van der Waals surface area contributed by atoms with Crippen molar-refractivity contribution in [1.82, 2.24) is 19.5 Å². The second kappa shape index (κ2) is 9.38. The van der Waals surface area contributed by atoms with Gasteiger partial charge in [0.05, 0.1) is 26.4 Å². The lowest BCUT2D eigenvalue weighted by Crippen LogP contribution is -2.29. The molecule has 0 aliphatic carbocycles. The van der Waals surface area contributed by atoms with Gasteiger partial charge in [-0.15, -0.1) is 0 Å². The first kappa shape index (κ1) is 22.4. The van der Waals surface area contributed by atoms with E-state index in [0.29, 0.717) is 23.7 Å². The zero-order valence-electron chi connectivity index (χ0n) is 18.7. The van der Waals surface area contributed by atoms with Crippen LogP contribution in [0.4, 0.5) is 10.5 Å². The van der Waals surface area contributed by atoms with Crippen LogP contribution in [0.25, 0.3) is 21.9 Å². The highest BCUT2D eigenvalue weighted by molar-refractivity contribution is 6.05. The summed E-state index contributed by atoms with van der Waals surface area (Å²) in [6.07, 6.45) is -0.710. The van der Waals surface area contributed by atoms with E-state index in [1.54, 1.807) is 25.2 Å². The number of methoxy groups -OCH3 is 2. The minimum atomic E-state index is -0.776. The van der Waals surface area contributed by atoms with Crippen LogP contribution in [0.3, 0.4) is 0 Å². The normalized spacial score (nSPS) is 10.5. The number of rotatable bonds is 6. The van der Waals surface area contributed by atoms with Crippen molar-refractivity contribution in [3.05, 3.63) is 77.1 Å². The van der Waals surface area contributed by atoms with Crippen molar-refractivity contribution in [2.75, 3.05) is 21.3 Å². The van der Waals surface area contributed by atoms with Crippen LogP contribution in [-0.4, -0.2) is 52.8 Å². The fourth-order valence-corrected chi connectivity index (χ4v) is 3.50. The predicted octanol–water partition coefficient (Wildman–Crippen LogP) is 4.31. The maximum Gasteiger partial charge on any atom is 0.415 e. The van der Waals surface area contributed by atoms with Gasteiger partial charge < -0.3 is 19.1 Å². The van der Waals surface area contributed by atoms with Crippen molar-refractivity contribution < 1.29 is 23.8 Å². The van der Waals surface area contributed by atoms with E-state index >= 15 is 0 Å². The van der Waals surface area contributed by atoms with Crippen LogP contribution < -0.4 is 9.47 Å². The van der Waals surface area contributed by atoms with Crippen LogP contribution >= 0.6 is 0 Å². The van der Waals surface area contributed by atoms with E-state index in [-0.39, 0.29) is 22.8 Å². The van der Waals surface area contributed by atoms with Crippen LogP contribution in [0.15, 0.2) is 54.6 Å². The summed E-state index contributed by atoms with van der Waals surface area (Å²) in [6.45, 7) is 7.91. The van der Waals surface area contributed by atoms with Crippen molar-refractivity contribution in [1.29, 1.82) is 0 Å². The molecule has 1 N–H and O–H groups in total. The molecule has 0 atom stereocenters. The van der Waals surface area contributed by atoms with Gasteiger partial charge in [0.25, 0.3) is 5.69 Å². The number of nitrogens with one attached hydrogen (secondary N) is 1. The van der Waals surface area contributed by atoms with Gasteiger partial charge in [-0.3, -0.25) is 5.10 Å². The van der Waals surface area contributed by atoms with Crippen LogP contribution in [0.2, 0.25) is 0 Å². The Hall–Kier alpha value is -4.78. The summed E-state index contributed by atoms with van der Waals surface area (Å²) in [6, 6.07) is 16.5. The Kier molecular flexibility index (Phi) is 6.18. The first-order chi connectivity index (χ1) is 16.5. The number of hydrogen-bond acceptors (Lipinski definition) is 6. The maximum atomic E-state index is 12.9. The standard InChI is InChI=1S/C24H21N5O5/c1-25-19-18(23(30)33-4)21-26-20(16-12-8-9-13-17(16)32-3)27-29(21)22(19)34-24(31)28(2)14-15-10-6-5-7-11-15/h5-13H,14H2,2-4H3,(H,26,27). The number of benzene rings is 2. The van der Waals surface area contributed by atoms with Crippen LogP contribution in [0.5, 0.6) is 11.6 Å². The number of H-pyrrole nitrogens is 1. The van der Waals surface area contributed by atoms with Gasteiger partial charge in [0.15, 0.2) is 11.5 Å². The Morgan fingerprint density at radius 2 is 1.82 bits per heavy atom. The van der Waals surface area contributed by atoms with Crippen LogP contribution in [0, 0.1) is 6.57 Å². The number of nitrogens with zero attached hydrogens (tertiary/aromatic N) is 4. The summed E-state index contributed by atoms with van der Waals surface area (Å²) in [5.74, 6) is -0.0415. The van der Waals surface area contributed by atoms with Crippen molar-refractivity contribution in [2.24, 2.45) is 0 Å². The smallest absolute Gasteiger partial charge is 0.415 e. The van der Waals surface area contributed by atoms with E-state index in [1.807, 2.05) is 36.4 Å². The highest BCUT2D eigenvalue weighted by Crippen LogP contribution is 2.39. The molecule has 1 amide bonds. The van der Waals surface area contributed by atoms with Crippen molar-refractivity contribution in [2.45, 2.75) is 6.54 Å². The second-order valence-electron chi connectivity index (χ2n) is 7.27. The van der Waals surface area contributed by atoms with E-state index in [1.165, 1.54) is 23.6 Å². The molecule has 10 nitrogen and oxygen atoms in total. The molecule has 0 radical (unpaired) electrons. The lowest BCUT2D eigenvalue weighted by Gasteiger charge is -2.16. The van der Waals surface area contributed by atoms with E-state index in [9.17, 15) is 9.59 Å². The fourth-order valence-electron chi connectivity index (χ4n) is 3.50. The molecule has 2 heterocycles. The monoisotopic (exact) mass is 459 g/mol. The fraction of sp³-hybridized carbons (Fsp3) is 0.167. The number of esters is 1.